The molecule has 2 amide bonds. The van der Waals surface area contributed by atoms with Crippen molar-refractivity contribution in [3.63, 3.8) is 0 Å². The zero-order valence-electron chi connectivity index (χ0n) is 21.2. The van der Waals surface area contributed by atoms with Crippen molar-refractivity contribution in [2.45, 2.75) is 78.9 Å². The molecule has 3 heterocycles. The van der Waals surface area contributed by atoms with E-state index >= 15 is 0 Å². The molecule has 10 heteroatoms. The molecule has 1 atom stereocenters. The highest BCUT2D eigenvalue weighted by Gasteiger charge is 2.37. The van der Waals surface area contributed by atoms with E-state index in [-0.39, 0.29) is 11.8 Å². The summed E-state index contributed by atoms with van der Waals surface area (Å²) in [5.74, 6) is 1.59. The number of nitrogens with zero attached hydrogens (tertiary/aromatic N) is 4. The van der Waals surface area contributed by atoms with Crippen LogP contribution in [0.25, 0.3) is 0 Å². The average molecular weight is 489 g/mol. The monoisotopic (exact) mass is 488 g/mol. The number of likely N-dealkylation sites (tertiary alicyclic amines) is 1. The van der Waals surface area contributed by atoms with Gasteiger partial charge in [-0.1, -0.05) is 0 Å². The molecule has 1 unspecified atom stereocenters. The fourth-order valence-electron chi connectivity index (χ4n) is 4.04. The van der Waals surface area contributed by atoms with Crippen LogP contribution in [0.3, 0.4) is 0 Å². The minimum Gasteiger partial charge on any atom is -0.444 e. The zero-order valence-corrected chi connectivity index (χ0v) is 22.0. The molecule has 34 heavy (non-hydrogen) atoms. The number of anilines is 2. The van der Waals surface area contributed by atoms with Crippen molar-refractivity contribution in [1.29, 1.82) is 0 Å². The third-order valence-electron chi connectivity index (χ3n) is 5.40. The molecule has 186 valence electrons. The average Bonchev–Trinajstić information content (AvgIpc) is 3.09. The van der Waals surface area contributed by atoms with Gasteiger partial charge < -0.3 is 20.3 Å². The lowest BCUT2D eigenvalue weighted by Crippen LogP contribution is -2.58. The number of piperidine rings is 1. The van der Waals surface area contributed by atoms with Crippen LogP contribution in [0.15, 0.2) is 12.3 Å². The summed E-state index contributed by atoms with van der Waals surface area (Å²) in [6, 6.07) is 1.96. The fourth-order valence-corrected chi connectivity index (χ4v) is 4.71. The number of aromatic nitrogens is 3. The van der Waals surface area contributed by atoms with Crippen LogP contribution >= 0.6 is 11.3 Å². The number of amides is 2. The van der Waals surface area contributed by atoms with Gasteiger partial charge >= 0.3 is 6.09 Å². The maximum absolute atomic E-state index is 13.2. The van der Waals surface area contributed by atoms with E-state index in [9.17, 15) is 9.59 Å². The van der Waals surface area contributed by atoms with Crippen molar-refractivity contribution < 1.29 is 14.3 Å². The van der Waals surface area contributed by atoms with Gasteiger partial charge in [0, 0.05) is 35.9 Å². The number of aryl methyl sites for hydroxylation is 2. The minimum atomic E-state index is -1.06. The van der Waals surface area contributed by atoms with Crippen molar-refractivity contribution in [2.24, 2.45) is 5.92 Å². The molecule has 3 rings (SSSR count). The Labute approximate surface area is 205 Å². The topological polar surface area (TPSA) is 109 Å². The Kier molecular flexibility index (Phi) is 7.80. The van der Waals surface area contributed by atoms with E-state index in [1.54, 1.807) is 46.0 Å². The standard InChI is InChI=1S/C24H36N6O3S/c1-15-13-25-21(34-15)28-19-12-18(26-16(2)27-19)11-17-9-8-10-30(14-17)20(31)24(6,7)29-22(32)33-23(3,4)5/h12-13,17H,8-11,14H2,1-7H3,(H,29,32)(H,25,26,27,28). The number of alkyl carbamates (subject to hydrolysis) is 1. The first-order valence-electron chi connectivity index (χ1n) is 11.7. The molecular formula is C24H36N6O3S. The second kappa shape index (κ2) is 10.2. The van der Waals surface area contributed by atoms with Crippen LogP contribution in [0.1, 0.15) is 63.9 Å². The summed E-state index contributed by atoms with van der Waals surface area (Å²) < 4.78 is 5.33. The van der Waals surface area contributed by atoms with Gasteiger partial charge in [0.15, 0.2) is 5.13 Å². The van der Waals surface area contributed by atoms with Crippen LogP contribution in [0.2, 0.25) is 0 Å². The third-order valence-corrected chi connectivity index (χ3v) is 6.23. The molecule has 1 saturated heterocycles. The number of nitrogens with one attached hydrogen (secondary N) is 2. The molecule has 0 aliphatic carbocycles. The van der Waals surface area contributed by atoms with Crippen molar-refractivity contribution in [2.75, 3.05) is 18.4 Å². The lowest BCUT2D eigenvalue weighted by molar-refractivity contribution is -0.139. The molecule has 0 aromatic carbocycles. The van der Waals surface area contributed by atoms with Crippen molar-refractivity contribution in [3.05, 3.63) is 28.7 Å². The van der Waals surface area contributed by atoms with Gasteiger partial charge in [0.25, 0.3) is 0 Å². The molecule has 2 N–H and O–H groups in total. The van der Waals surface area contributed by atoms with Crippen LogP contribution < -0.4 is 10.6 Å². The number of ether oxygens (including phenoxy) is 1. The Morgan fingerprint density at radius 2 is 1.94 bits per heavy atom. The van der Waals surface area contributed by atoms with Crippen LogP contribution in [0.4, 0.5) is 15.7 Å². The third kappa shape index (κ3) is 7.38. The SMILES string of the molecule is Cc1nc(CC2CCCN(C(=O)C(C)(C)NC(=O)OC(C)(C)C)C2)cc(Nc2ncc(C)s2)n1. The lowest BCUT2D eigenvalue weighted by Gasteiger charge is -2.38. The number of carbonyl (C=O) groups excluding carboxylic acids is 2. The number of thiazole rings is 1. The minimum absolute atomic E-state index is 0.108. The van der Waals surface area contributed by atoms with Crippen LogP contribution in [0.5, 0.6) is 0 Å². The number of rotatable bonds is 6. The maximum Gasteiger partial charge on any atom is 0.408 e. The van der Waals surface area contributed by atoms with Gasteiger partial charge in [-0.2, -0.15) is 0 Å². The summed E-state index contributed by atoms with van der Waals surface area (Å²) in [5, 5.41) is 6.79. The van der Waals surface area contributed by atoms with Gasteiger partial charge in [0.2, 0.25) is 5.91 Å². The first-order chi connectivity index (χ1) is 15.8. The number of hydrogen-bond acceptors (Lipinski definition) is 8. The second-order valence-electron chi connectivity index (χ2n) is 10.4. The largest absolute Gasteiger partial charge is 0.444 e. The Morgan fingerprint density at radius 3 is 2.59 bits per heavy atom. The molecule has 0 bridgehead atoms. The molecule has 9 nitrogen and oxygen atoms in total. The summed E-state index contributed by atoms with van der Waals surface area (Å²) in [6.45, 7) is 14.0. The Bertz CT molecular complexity index is 1030. The van der Waals surface area contributed by atoms with Crippen LogP contribution in [-0.4, -0.2) is 56.1 Å². The van der Waals surface area contributed by atoms with E-state index in [0.717, 1.165) is 40.8 Å². The van der Waals surface area contributed by atoms with Gasteiger partial charge in [-0.15, -0.1) is 11.3 Å². The first kappa shape index (κ1) is 25.9. The van der Waals surface area contributed by atoms with Gasteiger partial charge in [0.1, 0.15) is 22.8 Å². The predicted molar refractivity (Wildman–Crippen MR) is 133 cm³/mol. The molecule has 0 radical (unpaired) electrons. The van der Waals surface area contributed by atoms with Crippen molar-refractivity contribution in [1.82, 2.24) is 25.2 Å². The van der Waals surface area contributed by atoms with E-state index in [4.69, 9.17) is 4.74 Å². The highest BCUT2D eigenvalue weighted by molar-refractivity contribution is 7.15. The van der Waals surface area contributed by atoms with Crippen molar-refractivity contribution >= 4 is 34.3 Å². The summed E-state index contributed by atoms with van der Waals surface area (Å²) in [5.41, 5.74) is -0.742. The van der Waals surface area contributed by atoms with E-state index in [1.165, 1.54) is 0 Å². The first-order valence-corrected chi connectivity index (χ1v) is 12.5. The summed E-state index contributed by atoms with van der Waals surface area (Å²) >= 11 is 1.58. The molecule has 2 aromatic rings. The van der Waals surface area contributed by atoms with E-state index < -0.39 is 17.2 Å². The van der Waals surface area contributed by atoms with Gasteiger partial charge in [-0.3, -0.25) is 4.79 Å². The van der Waals surface area contributed by atoms with E-state index in [1.807, 2.05) is 31.0 Å². The molecular weight excluding hydrogens is 452 g/mol. The quantitative estimate of drug-likeness (QED) is 0.621. The predicted octanol–water partition coefficient (Wildman–Crippen LogP) is 4.38. The highest BCUT2D eigenvalue weighted by atomic mass is 32.1. The Hall–Kier alpha value is -2.75. The molecule has 1 fully saturated rings. The summed E-state index contributed by atoms with van der Waals surface area (Å²) in [4.78, 5) is 41.9. The molecule has 1 aliphatic heterocycles. The molecule has 0 spiro atoms. The Morgan fingerprint density at radius 1 is 1.21 bits per heavy atom. The Balaban J connectivity index is 1.63. The van der Waals surface area contributed by atoms with E-state index in [2.05, 4.69) is 25.6 Å². The van der Waals surface area contributed by atoms with Crippen molar-refractivity contribution in [3.8, 4) is 0 Å². The van der Waals surface area contributed by atoms with Crippen LogP contribution in [-0.2, 0) is 16.0 Å². The second-order valence-corrected chi connectivity index (χ2v) is 11.6. The number of carbonyl (C=O) groups is 2. The summed E-state index contributed by atoms with van der Waals surface area (Å²) in [6.07, 6.45) is 3.91. The van der Waals surface area contributed by atoms with Gasteiger partial charge in [-0.05, 0) is 73.6 Å². The smallest absolute Gasteiger partial charge is 0.408 e. The maximum atomic E-state index is 13.2. The normalized spacial score (nSPS) is 16.8. The lowest BCUT2D eigenvalue weighted by atomic mass is 9.91. The molecule has 2 aromatic heterocycles. The fraction of sp³-hybridized carbons (Fsp3) is 0.625. The summed E-state index contributed by atoms with van der Waals surface area (Å²) in [7, 11) is 0. The molecule has 1 aliphatic rings. The van der Waals surface area contributed by atoms with E-state index in [0.29, 0.717) is 18.9 Å². The van der Waals surface area contributed by atoms with Crippen LogP contribution in [0, 0.1) is 19.8 Å². The number of hydrogen-bond donors (Lipinski definition) is 2. The highest BCUT2D eigenvalue weighted by Crippen LogP contribution is 2.25. The molecule has 0 saturated carbocycles. The van der Waals surface area contributed by atoms with Gasteiger partial charge in [0.05, 0.1) is 0 Å². The zero-order chi connectivity index (χ0) is 25.1. The van der Waals surface area contributed by atoms with Gasteiger partial charge in [-0.25, -0.2) is 19.7 Å².